The molecule has 0 aliphatic rings. The molecule has 0 heterocycles. The van der Waals surface area contributed by atoms with Gasteiger partial charge in [-0.15, -0.1) is 0 Å². The number of carboxylic acids is 2. The van der Waals surface area contributed by atoms with Crippen molar-refractivity contribution in [1.82, 2.24) is 0 Å². The van der Waals surface area contributed by atoms with E-state index in [9.17, 15) is 19.8 Å². The molecule has 0 bridgehead atoms. The molecule has 0 amide bonds. The molecule has 120 valence electrons. The van der Waals surface area contributed by atoms with Crippen LogP contribution in [0.4, 0.5) is 0 Å². The SMILES string of the molecule is O=C([O-])CCCCCCCCC(=O)[O-].[NH3+]CCCC[NH3+]. The number of hydrogen-bond acceptors (Lipinski definition) is 4. The highest BCUT2D eigenvalue weighted by Gasteiger charge is 1.92. The second-order valence-electron chi connectivity index (χ2n) is 4.78. The van der Waals surface area contributed by atoms with Crippen LogP contribution in [0.5, 0.6) is 0 Å². The highest BCUT2D eigenvalue weighted by atomic mass is 16.4. The van der Waals surface area contributed by atoms with Gasteiger partial charge in [-0.1, -0.05) is 25.7 Å². The minimum absolute atomic E-state index is 0.124. The number of carbonyl (C=O) groups is 2. The summed E-state index contributed by atoms with van der Waals surface area (Å²) in [6, 6.07) is 0. The van der Waals surface area contributed by atoms with E-state index in [1.165, 1.54) is 12.8 Å². The van der Waals surface area contributed by atoms with Crippen molar-refractivity contribution in [2.75, 3.05) is 13.1 Å². The smallest absolute Gasteiger partial charge is 0.0742 e. The minimum Gasteiger partial charge on any atom is -0.550 e. The monoisotopic (exact) mass is 290 g/mol. The van der Waals surface area contributed by atoms with Gasteiger partial charge >= 0.3 is 0 Å². The van der Waals surface area contributed by atoms with Crippen LogP contribution in [0.15, 0.2) is 0 Å². The highest BCUT2D eigenvalue weighted by molar-refractivity contribution is 5.64. The van der Waals surface area contributed by atoms with Crippen LogP contribution >= 0.6 is 0 Å². The van der Waals surface area contributed by atoms with Gasteiger partial charge in [0, 0.05) is 24.8 Å². The predicted octanol–water partition coefficient (Wildman–Crippen LogP) is -2.14. The summed E-state index contributed by atoms with van der Waals surface area (Å²) in [5.41, 5.74) is 7.39. The highest BCUT2D eigenvalue weighted by Crippen LogP contribution is 2.07. The molecule has 0 radical (unpaired) electrons. The lowest BCUT2D eigenvalue weighted by molar-refractivity contribution is -0.384. The molecule has 0 atom stereocenters. The number of carboxylic acid groups (broad SMARTS) is 2. The Morgan fingerprint density at radius 1 is 0.600 bits per heavy atom. The van der Waals surface area contributed by atoms with Gasteiger partial charge < -0.3 is 31.3 Å². The molecule has 0 unspecified atom stereocenters. The fraction of sp³-hybridized carbons (Fsp3) is 0.857. The van der Waals surface area contributed by atoms with Crippen LogP contribution in [-0.4, -0.2) is 25.0 Å². The van der Waals surface area contributed by atoms with Crippen LogP contribution in [0.2, 0.25) is 0 Å². The van der Waals surface area contributed by atoms with Crippen LogP contribution in [0.25, 0.3) is 0 Å². The minimum atomic E-state index is -0.998. The van der Waals surface area contributed by atoms with Gasteiger partial charge in [-0.2, -0.15) is 0 Å². The van der Waals surface area contributed by atoms with E-state index in [1.54, 1.807) is 0 Å². The fourth-order valence-electron chi connectivity index (χ4n) is 1.60. The molecule has 0 aliphatic carbocycles. The summed E-state index contributed by atoms with van der Waals surface area (Å²) in [6.45, 7) is 2.13. The predicted molar refractivity (Wildman–Crippen MR) is 71.7 cm³/mol. The molecule has 0 saturated carbocycles. The van der Waals surface area contributed by atoms with Crippen molar-refractivity contribution in [3.63, 3.8) is 0 Å². The number of unbranched alkanes of at least 4 members (excludes halogenated alkanes) is 6. The van der Waals surface area contributed by atoms with Crippen LogP contribution in [0.1, 0.15) is 64.2 Å². The van der Waals surface area contributed by atoms with E-state index in [0.717, 1.165) is 38.8 Å². The first-order valence-electron chi connectivity index (χ1n) is 7.52. The molecule has 0 fully saturated rings. The Morgan fingerprint density at radius 3 is 1.15 bits per heavy atom. The molecule has 6 heteroatoms. The van der Waals surface area contributed by atoms with Gasteiger partial charge in [-0.25, -0.2) is 0 Å². The van der Waals surface area contributed by atoms with Gasteiger partial charge in [0.25, 0.3) is 0 Å². The standard InChI is InChI=1S/C10H18O4.C4H12N2/c11-9(12)7-5-3-1-2-4-6-8-10(13)14;5-3-1-2-4-6/h1-8H2,(H,11,12)(H,13,14);1-6H2. The van der Waals surface area contributed by atoms with Gasteiger partial charge in [-0.3, -0.25) is 0 Å². The molecule has 0 aromatic rings. The lowest BCUT2D eigenvalue weighted by Gasteiger charge is -2.03. The third-order valence-electron chi connectivity index (χ3n) is 2.76. The number of carbonyl (C=O) groups excluding carboxylic acids is 2. The van der Waals surface area contributed by atoms with E-state index in [1.807, 2.05) is 0 Å². The van der Waals surface area contributed by atoms with Gasteiger partial charge in [-0.05, 0) is 25.7 Å². The maximum atomic E-state index is 10.0. The molecule has 20 heavy (non-hydrogen) atoms. The van der Waals surface area contributed by atoms with Crippen molar-refractivity contribution in [2.24, 2.45) is 0 Å². The van der Waals surface area contributed by atoms with E-state index in [2.05, 4.69) is 11.5 Å². The zero-order valence-electron chi connectivity index (χ0n) is 12.5. The lowest BCUT2D eigenvalue weighted by atomic mass is 10.1. The van der Waals surface area contributed by atoms with E-state index in [4.69, 9.17) is 0 Å². The average Bonchev–Trinajstić information content (AvgIpc) is 2.39. The Hall–Kier alpha value is -1.14. The first-order chi connectivity index (χ1) is 9.54. The summed E-state index contributed by atoms with van der Waals surface area (Å²) < 4.78 is 0. The van der Waals surface area contributed by atoms with E-state index >= 15 is 0 Å². The summed E-state index contributed by atoms with van der Waals surface area (Å²) >= 11 is 0. The Morgan fingerprint density at radius 2 is 0.900 bits per heavy atom. The van der Waals surface area contributed by atoms with E-state index in [-0.39, 0.29) is 12.8 Å². The van der Waals surface area contributed by atoms with Gasteiger partial charge in [0.15, 0.2) is 0 Å². The maximum absolute atomic E-state index is 10.0. The van der Waals surface area contributed by atoms with Crippen LogP contribution < -0.4 is 21.7 Å². The molecule has 0 saturated heterocycles. The molecule has 0 rings (SSSR count). The summed E-state index contributed by atoms with van der Waals surface area (Å²) in [7, 11) is 0. The molecule has 6 N–H and O–H groups in total. The fourth-order valence-corrected chi connectivity index (χ4v) is 1.60. The van der Waals surface area contributed by atoms with Crippen molar-refractivity contribution < 1.29 is 31.3 Å². The molecule has 0 aromatic carbocycles. The van der Waals surface area contributed by atoms with Crippen LogP contribution in [0, 0.1) is 0 Å². The Bertz CT molecular complexity index is 211. The number of quaternary nitrogens is 2. The Labute approximate surface area is 121 Å². The molecule has 6 nitrogen and oxygen atoms in total. The van der Waals surface area contributed by atoms with Crippen LogP contribution in [-0.2, 0) is 9.59 Å². The number of rotatable bonds is 12. The summed E-state index contributed by atoms with van der Waals surface area (Å²) in [5, 5.41) is 20.1. The van der Waals surface area contributed by atoms with Gasteiger partial charge in [0.1, 0.15) is 0 Å². The van der Waals surface area contributed by atoms with E-state index in [0.29, 0.717) is 12.8 Å². The van der Waals surface area contributed by atoms with Crippen molar-refractivity contribution in [3.8, 4) is 0 Å². The maximum Gasteiger partial charge on any atom is 0.0742 e. The molecular formula is C14H30N2O4. The summed E-state index contributed by atoms with van der Waals surface area (Å²) in [5.74, 6) is -2.00. The lowest BCUT2D eigenvalue weighted by Crippen LogP contribution is -2.53. The third-order valence-corrected chi connectivity index (χ3v) is 2.76. The first-order valence-corrected chi connectivity index (χ1v) is 7.52. The van der Waals surface area contributed by atoms with Crippen molar-refractivity contribution in [1.29, 1.82) is 0 Å². The van der Waals surface area contributed by atoms with Gasteiger partial charge in [0.05, 0.1) is 13.1 Å². The van der Waals surface area contributed by atoms with Crippen LogP contribution in [0.3, 0.4) is 0 Å². The summed E-state index contributed by atoms with van der Waals surface area (Å²) in [6.07, 6.45) is 7.70. The molecular weight excluding hydrogens is 260 g/mol. The average molecular weight is 290 g/mol. The summed E-state index contributed by atoms with van der Waals surface area (Å²) in [4.78, 5) is 20.1. The Kier molecular flexibility index (Phi) is 18.9. The van der Waals surface area contributed by atoms with Gasteiger partial charge in [0.2, 0.25) is 0 Å². The largest absolute Gasteiger partial charge is 0.550 e. The van der Waals surface area contributed by atoms with Crippen molar-refractivity contribution in [3.05, 3.63) is 0 Å². The molecule has 0 aliphatic heterocycles. The zero-order chi connectivity index (χ0) is 15.6. The quantitative estimate of drug-likeness (QED) is 0.396. The third kappa shape index (κ3) is 25.6. The first kappa shape index (κ1) is 21.2. The normalized spacial score (nSPS) is 9.70. The topological polar surface area (TPSA) is 136 Å². The molecule has 0 aromatic heterocycles. The van der Waals surface area contributed by atoms with Crippen molar-refractivity contribution in [2.45, 2.75) is 64.2 Å². The number of aliphatic carboxylic acids is 2. The number of hydrogen-bond donors (Lipinski definition) is 2. The Balaban J connectivity index is 0. The van der Waals surface area contributed by atoms with E-state index < -0.39 is 11.9 Å². The van der Waals surface area contributed by atoms with Crippen molar-refractivity contribution >= 4 is 11.9 Å². The molecule has 0 spiro atoms. The second kappa shape index (κ2) is 17.9. The zero-order valence-corrected chi connectivity index (χ0v) is 12.5. The second-order valence-corrected chi connectivity index (χ2v) is 4.78.